The van der Waals surface area contributed by atoms with Crippen LogP contribution in [0.4, 0.5) is 5.82 Å². The molecule has 17 heteroatoms. The van der Waals surface area contributed by atoms with Crippen molar-refractivity contribution in [3.05, 3.63) is 183 Å². The SMILES string of the molecule is COc1ccc(C(OC(OC(c2ccccc2)c2ccc(OC)cc2)C23CN(c4ccncn4)C(C(n4cc(C)c(=O)[nH]c4=O)O2)C3O[P@@](OCCC#N)N(C(C)C)C(C)C)c2ccccc2)cc1. The largest absolute Gasteiger partial charge is 0.497 e. The number of H-pyrrole nitrogens is 1. The molecule has 1 N–H and O–H groups in total. The first kappa shape index (κ1) is 49.2. The van der Waals surface area contributed by atoms with Crippen LogP contribution >= 0.6 is 8.53 Å². The molecule has 360 valence electrons. The van der Waals surface area contributed by atoms with E-state index in [0.29, 0.717) is 22.9 Å². The Bertz CT molecular complexity index is 2660. The zero-order valence-electron chi connectivity index (χ0n) is 39.7. The molecule has 2 bridgehead atoms. The van der Waals surface area contributed by atoms with Crippen LogP contribution < -0.4 is 25.6 Å². The summed E-state index contributed by atoms with van der Waals surface area (Å²) in [6.45, 7) is 10.1. The summed E-state index contributed by atoms with van der Waals surface area (Å²) in [7, 11) is 1.28. The van der Waals surface area contributed by atoms with E-state index in [9.17, 15) is 14.9 Å². The van der Waals surface area contributed by atoms with Crippen LogP contribution in [0.2, 0.25) is 0 Å². The third-order valence-electron chi connectivity index (χ3n) is 12.3. The van der Waals surface area contributed by atoms with Crippen molar-refractivity contribution in [2.75, 3.05) is 32.3 Å². The van der Waals surface area contributed by atoms with Gasteiger partial charge in [-0.15, -0.1) is 0 Å². The van der Waals surface area contributed by atoms with E-state index < -0.39 is 62.2 Å². The number of benzene rings is 4. The molecule has 0 saturated carbocycles. The van der Waals surface area contributed by atoms with Gasteiger partial charge in [0.2, 0.25) is 0 Å². The molecule has 8 rings (SSSR count). The first-order chi connectivity index (χ1) is 33.5. The Hall–Kier alpha value is -6.28. The molecule has 0 radical (unpaired) electrons. The number of hydrogen-bond donors (Lipinski definition) is 1. The Morgan fingerprint density at radius 3 is 1.87 bits per heavy atom. The van der Waals surface area contributed by atoms with E-state index in [4.69, 9.17) is 37.7 Å². The van der Waals surface area contributed by atoms with Gasteiger partial charge in [0.1, 0.15) is 48.0 Å². The Morgan fingerprint density at radius 1 is 0.826 bits per heavy atom. The first-order valence-electron chi connectivity index (χ1n) is 22.9. The number of methoxy groups -OCH3 is 2. The van der Waals surface area contributed by atoms with Crippen molar-refractivity contribution in [2.24, 2.45) is 0 Å². The van der Waals surface area contributed by atoms with Gasteiger partial charge in [0, 0.05) is 30.0 Å². The highest BCUT2D eigenvalue weighted by molar-refractivity contribution is 7.44. The van der Waals surface area contributed by atoms with Crippen molar-refractivity contribution in [2.45, 2.75) is 95.6 Å². The van der Waals surface area contributed by atoms with Gasteiger partial charge < -0.3 is 37.6 Å². The maximum atomic E-state index is 14.2. The second kappa shape index (κ2) is 22.0. The van der Waals surface area contributed by atoms with Gasteiger partial charge in [0.25, 0.3) is 14.1 Å². The number of ether oxygens (including phenoxy) is 5. The minimum Gasteiger partial charge on any atom is -0.497 e. The lowest BCUT2D eigenvalue weighted by atomic mass is 9.95. The first-order valence-corrected chi connectivity index (χ1v) is 24.1. The molecular formula is C52H58N7O9P. The maximum Gasteiger partial charge on any atom is 0.330 e. The van der Waals surface area contributed by atoms with Gasteiger partial charge in [-0.1, -0.05) is 84.9 Å². The summed E-state index contributed by atoms with van der Waals surface area (Å²) in [4.78, 5) is 40.6. The van der Waals surface area contributed by atoms with Gasteiger partial charge in [-0.2, -0.15) is 5.26 Å². The van der Waals surface area contributed by atoms with E-state index in [1.807, 2.05) is 114 Å². The lowest BCUT2D eigenvalue weighted by Gasteiger charge is -2.44. The summed E-state index contributed by atoms with van der Waals surface area (Å²) in [5.41, 5.74) is 0.702. The molecule has 6 unspecified atom stereocenters. The molecule has 69 heavy (non-hydrogen) atoms. The molecule has 0 spiro atoms. The zero-order chi connectivity index (χ0) is 48.7. The van der Waals surface area contributed by atoms with Gasteiger partial charge in [-0.3, -0.25) is 14.3 Å². The monoisotopic (exact) mass is 955 g/mol. The molecule has 2 fully saturated rings. The van der Waals surface area contributed by atoms with Gasteiger partial charge in [0.15, 0.2) is 18.1 Å². The lowest BCUT2D eigenvalue weighted by molar-refractivity contribution is -0.287. The molecule has 2 aliphatic heterocycles. The van der Waals surface area contributed by atoms with Crippen molar-refractivity contribution in [1.82, 2.24) is 24.2 Å². The number of fused-ring (bicyclic) bond motifs is 2. The van der Waals surface area contributed by atoms with Gasteiger partial charge in [-0.05, 0) is 87.2 Å². The molecule has 4 heterocycles. The van der Waals surface area contributed by atoms with E-state index in [-0.39, 0.29) is 31.7 Å². The Labute approximate surface area is 403 Å². The van der Waals surface area contributed by atoms with Gasteiger partial charge in [-0.25, -0.2) is 19.4 Å². The summed E-state index contributed by atoms with van der Waals surface area (Å²) in [5, 5.41) is 9.70. The number of anilines is 1. The molecule has 0 aliphatic carbocycles. The number of nitrogens with one attached hydrogen (secondary N) is 1. The fourth-order valence-electron chi connectivity index (χ4n) is 9.13. The van der Waals surface area contributed by atoms with Crippen LogP contribution in [0.1, 0.15) is 80.4 Å². The van der Waals surface area contributed by atoms with Crippen LogP contribution in [0.5, 0.6) is 11.5 Å². The molecule has 2 saturated heterocycles. The maximum absolute atomic E-state index is 14.2. The van der Waals surface area contributed by atoms with Crippen molar-refractivity contribution < 1.29 is 32.7 Å². The third-order valence-corrected chi connectivity index (χ3v) is 14.4. The molecule has 0 amide bonds. The summed E-state index contributed by atoms with van der Waals surface area (Å²) < 4.78 is 51.6. The van der Waals surface area contributed by atoms with Crippen molar-refractivity contribution >= 4 is 14.3 Å². The molecule has 2 aromatic heterocycles. The fourth-order valence-corrected chi connectivity index (χ4v) is 10.9. The summed E-state index contributed by atoms with van der Waals surface area (Å²) >= 11 is 0. The minimum atomic E-state index is -1.96. The Balaban J connectivity index is 1.40. The number of aromatic nitrogens is 4. The van der Waals surface area contributed by atoms with Crippen LogP contribution in [0.15, 0.2) is 144 Å². The van der Waals surface area contributed by atoms with Crippen LogP contribution in [0, 0.1) is 18.3 Å². The molecule has 2 aliphatic rings. The van der Waals surface area contributed by atoms with Gasteiger partial charge >= 0.3 is 5.69 Å². The number of hydrogen-bond acceptors (Lipinski definition) is 14. The Morgan fingerprint density at radius 2 is 1.38 bits per heavy atom. The quantitative estimate of drug-likeness (QED) is 0.0414. The topological polar surface area (TPSA) is 176 Å². The van der Waals surface area contributed by atoms with Crippen LogP contribution in [-0.2, 0) is 23.3 Å². The smallest absolute Gasteiger partial charge is 0.330 e. The number of nitrogens with zero attached hydrogens (tertiary/aromatic N) is 6. The number of aryl methyl sites for hydroxylation is 1. The van der Waals surface area contributed by atoms with Crippen LogP contribution in [0.25, 0.3) is 0 Å². The molecule has 7 atom stereocenters. The second-order valence-electron chi connectivity index (χ2n) is 17.4. The predicted molar refractivity (Wildman–Crippen MR) is 261 cm³/mol. The summed E-state index contributed by atoms with van der Waals surface area (Å²) in [6.07, 6.45) is -0.261. The van der Waals surface area contributed by atoms with Gasteiger partial charge in [0.05, 0.1) is 39.9 Å². The number of aromatic amines is 1. The molecule has 4 aromatic carbocycles. The fraction of sp³-hybridized carbons (Fsp3) is 0.365. The van der Waals surface area contributed by atoms with E-state index >= 15 is 0 Å². The standard InChI is InChI=1S/C52H58N7O9P/c1-34(2)59(35(3)4)69(64-30-14-28-53)68-47-44-49(57-31-36(5)48(60)56-51(57)61)67-52(47,32-58(44)43-27-29-54-33-55-43)50(65-45(37-15-10-8-11-16-37)39-19-23-41(62-6)24-20-39)66-46(38-17-12-9-13-18-38)40-21-25-42(63-7)26-22-40/h8-13,15-27,29,31,33-35,44-47,49-50H,14,30,32H2,1-7H3,(H,56,60,61)/t44?,45?,46?,47?,49?,50?,52?,69-/m1/s1. The summed E-state index contributed by atoms with van der Waals surface area (Å²) in [5.74, 6) is 1.86. The van der Waals surface area contributed by atoms with Crippen molar-refractivity contribution in [3.8, 4) is 17.6 Å². The van der Waals surface area contributed by atoms with E-state index in [2.05, 4.69) is 48.4 Å². The number of nitriles is 1. The lowest BCUT2D eigenvalue weighted by Crippen LogP contribution is -2.57. The van der Waals surface area contributed by atoms with Crippen LogP contribution in [-0.4, -0.2) is 87.7 Å². The van der Waals surface area contributed by atoms with E-state index in [1.54, 1.807) is 33.4 Å². The second-order valence-corrected chi connectivity index (χ2v) is 18.8. The average Bonchev–Trinajstić information content (AvgIpc) is 3.85. The summed E-state index contributed by atoms with van der Waals surface area (Å²) in [6, 6.07) is 38.0. The number of morpholine rings is 1. The molecular weight excluding hydrogens is 898 g/mol. The van der Waals surface area contributed by atoms with E-state index in [1.165, 1.54) is 17.1 Å². The minimum absolute atomic E-state index is 0.0642. The Kier molecular flexibility index (Phi) is 15.7. The highest BCUT2D eigenvalue weighted by atomic mass is 31.2. The molecule has 16 nitrogen and oxygen atoms in total. The van der Waals surface area contributed by atoms with Crippen molar-refractivity contribution in [1.29, 1.82) is 5.26 Å². The highest BCUT2D eigenvalue weighted by Gasteiger charge is 2.71. The normalized spacial score (nSPS) is 20.5. The van der Waals surface area contributed by atoms with E-state index in [0.717, 1.165) is 22.3 Å². The van der Waals surface area contributed by atoms with Crippen LogP contribution in [0.3, 0.4) is 0 Å². The number of rotatable bonds is 21. The third kappa shape index (κ3) is 10.5. The predicted octanol–water partition coefficient (Wildman–Crippen LogP) is 8.41. The molecule has 6 aromatic rings. The average molecular weight is 956 g/mol. The van der Waals surface area contributed by atoms with Crippen molar-refractivity contribution in [3.63, 3.8) is 0 Å². The highest BCUT2D eigenvalue weighted by Crippen LogP contribution is 2.59. The zero-order valence-corrected chi connectivity index (χ0v) is 40.6.